The van der Waals surface area contributed by atoms with Crippen LogP contribution in [0.15, 0.2) is 83.1 Å². The van der Waals surface area contributed by atoms with Crippen LogP contribution in [0.2, 0.25) is 5.02 Å². The van der Waals surface area contributed by atoms with Crippen molar-refractivity contribution in [1.82, 2.24) is 4.98 Å². The summed E-state index contributed by atoms with van der Waals surface area (Å²) in [6.07, 6.45) is 3.16. The molecule has 0 saturated carbocycles. The van der Waals surface area contributed by atoms with E-state index in [1.54, 1.807) is 48.8 Å². The number of anilines is 1. The zero-order valence-electron chi connectivity index (χ0n) is 13.4. The molecule has 0 aliphatic carbocycles. The Bertz CT molecular complexity index is 1040. The maximum Gasteiger partial charge on any atom is 0.261 e. The van der Waals surface area contributed by atoms with Crippen molar-refractivity contribution >= 4 is 33.0 Å². The molecule has 0 saturated heterocycles. The van der Waals surface area contributed by atoms with E-state index in [0.29, 0.717) is 21.8 Å². The first-order valence-electron chi connectivity index (χ1n) is 7.51. The average molecular weight is 388 g/mol. The summed E-state index contributed by atoms with van der Waals surface area (Å²) in [6.45, 7) is 0. The van der Waals surface area contributed by atoms with E-state index in [-0.39, 0.29) is 10.6 Å². The van der Waals surface area contributed by atoms with Gasteiger partial charge in [-0.3, -0.25) is 9.71 Å². The van der Waals surface area contributed by atoms with Gasteiger partial charge in [0.15, 0.2) is 0 Å². The highest BCUT2D eigenvalue weighted by atomic mass is 35.5. The van der Waals surface area contributed by atoms with E-state index in [1.165, 1.54) is 24.3 Å². The lowest BCUT2D eigenvalue weighted by molar-refractivity contribution is 0.319. The van der Waals surface area contributed by atoms with Gasteiger partial charge in [0.1, 0.15) is 5.71 Å². The zero-order valence-corrected chi connectivity index (χ0v) is 14.9. The van der Waals surface area contributed by atoms with Crippen molar-refractivity contribution in [3.05, 3.63) is 89.2 Å². The minimum Gasteiger partial charge on any atom is -0.410 e. The van der Waals surface area contributed by atoms with Crippen LogP contribution in [-0.4, -0.2) is 24.3 Å². The number of hydrogen-bond donors (Lipinski definition) is 2. The van der Waals surface area contributed by atoms with Crippen molar-refractivity contribution < 1.29 is 13.6 Å². The normalized spacial score (nSPS) is 12.0. The number of oxime groups is 1. The van der Waals surface area contributed by atoms with Crippen LogP contribution in [0.1, 0.15) is 11.1 Å². The third-order valence-electron chi connectivity index (χ3n) is 3.55. The lowest BCUT2D eigenvalue weighted by atomic mass is 10.0. The van der Waals surface area contributed by atoms with Crippen LogP contribution in [0.3, 0.4) is 0 Å². The Kier molecular flexibility index (Phi) is 5.20. The van der Waals surface area contributed by atoms with Crippen LogP contribution < -0.4 is 4.72 Å². The number of aromatic nitrogens is 1. The minimum atomic E-state index is -3.77. The highest BCUT2D eigenvalue weighted by Crippen LogP contribution is 2.20. The van der Waals surface area contributed by atoms with Gasteiger partial charge in [-0.05, 0) is 48.5 Å². The second kappa shape index (κ2) is 7.55. The molecular formula is C18H14ClN3O3S. The van der Waals surface area contributed by atoms with Crippen molar-refractivity contribution in [2.45, 2.75) is 4.90 Å². The van der Waals surface area contributed by atoms with Crippen molar-refractivity contribution in [2.24, 2.45) is 5.16 Å². The number of hydrogen-bond acceptors (Lipinski definition) is 5. The molecular weight excluding hydrogens is 374 g/mol. The van der Waals surface area contributed by atoms with E-state index in [0.717, 1.165) is 0 Å². The number of rotatable bonds is 5. The fourth-order valence-corrected chi connectivity index (χ4v) is 3.52. The van der Waals surface area contributed by atoms with Crippen molar-refractivity contribution in [3.8, 4) is 0 Å². The molecule has 132 valence electrons. The Labute approximate surface area is 155 Å². The Morgan fingerprint density at radius 2 is 1.77 bits per heavy atom. The van der Waals surface area contributed by atoms with E-state index in [4.69, 9.17) is 11.6 Å². The lowest BCUT2D eigenvalue weighted by Crippen LogP contribution is -2.13. The van der Waals surface area contributed by atoms with E-state index in [2.05, 4.69) is 14.9 Å². The topological polar surface area (TPSA) is 91.7 Å². The third kappa shape index (κ3) is 4.01. The molecule has 2 aromatic carbocycles. The van der Waals surface area contributed by atoms with Gasteiger partial charge in [-0.2, -0.15) is 0 Å². The number of halogens is 1. The van der Waals surface area contributed by atoms with Gasteiger partial charge in [0.05, 0.1) is 4.90 Å². The molecule has 8 heteroatoms. The predicted octanol–water partition coefficient (Wildman–Crippen LogP) is 3.76. The van der Waals surface area contributed by atoms with Gasteiger partial charge in [-0.15, -0.1) is 0 Å². The van der Waals surface area contributed by atoms with Gasteiger partial charge in [-0.1, -0.05) is 28.9 Å². The molecule has 0 fully saturated rings. The van der Waals surface area contributed by atoms with E-state index in [1.807, 2.05) is 0 Å². The van der Waals surface area contributed by atoms with E-state index < -0.39 is 10.0 Å². The summed E-state index contributed by atoms with van der Waals surface area (Å²) >= 11 is 5.79. The van der Waals surface area contributed by atoms with Gasteiger partial charge in [0.2, 0.25) is 0 Å². The van der Waals surface area contributed by atoms with Gasteiger partial charge in [-0.25, -0.2) is 8.42 Å². The van der Waals surface area contributed by atoms with Gasteiger partial charge in [0.25, 0.3) is 10.0 Å². The number of sulfonamides is 1. The molecule has 1 heterocycles. The molecule has 0 amide bonds. The first-order valence-corrected chi connectivity index (χ1v) is 9.37. The minimum absolute atomic E-state index is 0.0932. The standard InChI is InChI=1S/C18H14ClN3O3S/c19-15-6-8-17(9-7-15)26(24,25)22-16-5-1-3-13(11-16)18(21-23)14-4-2-10-20-12-14/h1-12,22-23H. The lowest BCUT2D eigenvalue weighted by Gasteiger charge is -2.10. The predicted molar refractivity (Wildman–Crippen MR) is 100 cm³/mol. The SMILES string of the molecule is O=S(=O)(Nc1cccc(C(=NO)c2cccnc2)c1)c1ccc(Cl)cc1. The molecule has 6 nitrogen and oxygen atoms in total. The van der Waals surface area contributed by atoms with Crippen molar-refractivity contribution in [2.75, 3.05) is 4.72 Å². The third-order valence-corrected chi connectivity index (χ3v) is 5.20. The maximum atomic E-state index is 12.5. The molecule has 0 radical (unpaired) electrons. The molecule has 2 N–H and O–H groups in total. The molecule has 0 aliphatic rings. The second-order valence-electron chi connectivity index (χ2n) is 5.33. The van der Waals surface area contributed by atoms with Crippen LogP contribution in [0.5, 0.6) is 0 Å². The summed E-state index contributed by atoms with van der Waals surface area (Å²) in [5.74, 6) is 0. The van der Waals surface area contributed by atoms with Crippen LogP contribution in [0.4, 0.5) is 5.69 Å². The number of nitrogens with one attached hydrogen (secondary N) is 1. The summed E-state index contributed by atoms with van der Waals surface area (Å²) < 4.78 is 27.5. The summed E-state index contributed by atoms with van der Waals surface area (Å²) in [7, 11) is -3.77. The molecule has 0 atom stereocenters. The molecule has 26 heavy (non-hydrogen) atoms. The first-order chi connectivity index (χ1) is 12.5. The molecule has 0 bridgehead atoms. The quantitative estimate of drug-likeness (QED) is 0.396. The smallest absolute Gasteiger partial charge is 0.261 e. The summed E-state index contributed by atoms with van der Waals surface area (Å²) in [6, 6.07) is 15.9. The Balaban J connectivity index is 1.91. The van der Waals surface area contributed by atoms with Crippen molar-refractivity contribution in [1.29, 1.82) is 0 Å². The van der Waals surface area contributed by atoms with E-state index in [9.17, 15) is 13.6 Å². The number of benzene rings is 2. The Morgan fingerprint density at radius 3 is 2.42 bits per heavy atom. The van der Waals surface area contributed by atoms with Crippen molar-refractivity contribution in [3.63, 3.8) is 0 Å². The molecule has 0 aliphatic heterocycles. The average Bonchev–Trinajstić information content (AvgIpc) is 2.64. The molecule has 1 aromatic heterocycles. The Hall–Kier alpha value is -2.90. The Morgan fingerprint density at radius 1 is 1.04 bits per heavy atom. The highest BCUT2D eigenvalue weighted by Gasteiger charge is 2.15. The molecule has 3 aromatic rings. The fraction of sp³-hybridized carbons (Fsp3) is 0. The molecule has 0 unspecified atom stereocenters. The van der Waals surface area contributed by atoms with Gasteiger partial charge >= 0.3 is 0 Å². The second-order valence-corrected chi connectivity index (χ2v) is 7.45. The van der Waals surface area contributed by atoms with Crippen LogP contribution in [-0.2, 0) is 10.0 Å². The van der Waals surface area contributed by atoms with Crippen LogP contribution in [0.25, 0.3) is 0 Å². The van der Waals surface area contributed by atoms with Gasteiger partial charge < -0.3 is 5.21 Å². The summed E-state index contributed by atoms with van der Waals surface area (Å²) in [5.41, 5.74) is 1.76. The highest BCUT2D eigenvalue weighted by molar-refractivity contribution is 7.92. The van der Waals surface area contributed by atoms with E-state index >= 15 is 0 Å². The largest absolute Gasteiger partial charge is 0.410 e. The number of pyridine rings is 1. The molecule has 3 rings (SSSR count). The van der Waals surface area contributed by atoms with Gasteiger partial charge in [0, 0.05) is 34.2 Å². The number of nitrogens with zero attached hydrogens (tertiary/aromatic N) is 2. The fourth-order valence-electron chi connectivity index (χ4n) is 2.34. The summed E-state index contributed by atoms with van der Waals surface area (Å²) in [5, 5.41) is 13.1. The first kappa shape index (κ1) is 17.9. The monoisotopic (exact) mass is 387 g/mol. The maximum absolute atomic E-state index is 12.5. The van der Waals surface area contributed by atoms with Crippen LogP contribution in [0, 0.1) is 0 Å². The van der Waals surface area contributed by atoms with Crippen LogP contribution >= 0.6 is 11.6 Å². The zero-order chi connectivity index (χ0) is 18.6. The summed E-state index contributed by atoms with van der Waals surface area (Å²) in [4.78, 5) is 4.09. The molecule has 0 spiro atoms.